The number of ketones is 1. The van der Waals surface area contributed by atoms with Gasteiger partial charge in [-0.25, -0.2) is 0 Å². The number of rotatable bonds is 7. The van der Waals surface area contributed by atoms with Gasteiger partial charge in [-0.15, -0.1) is 0 Å². The largest absolute Gasteiger partial charge is 0.395 e. The number of nitrogens with zero attached hydrogens (tertiary/aromatic N) is 2. The van der Waals surface area contributed by atoms with E-state index in [0.29, 0.717) is 12.1 Å². The van der Waals surface area contributed by atoms with Crippen LogP contribution in [0.15, 0.2) is 54.7 Å². The zero-order valence-corrected chi connectivity index (χ0v) is 17.3. The number of H-pyrrole nitrogens is 1. The zero-order valence-electron chi connectivity index (χ0n) is 17.3. The summed E-state index contributed by atoms with van der Waals surface area (Å²) < 4.78 is 0. The van der Waals surface area contributed by atoms with Gasteiger partial charge in [0.1, 0.15) is 6.10 Å². The maximum Gasteiger partial charge on any atom is 0.195 e. The lowest BCUT2D eigenvalue weighted by Gasteiger charge is -2.40. The fourth-order valence-electron chi connectivity index (χ4n) is 4.34. The van der Waals surface area contributed by atoms with Crippen LogP contribution in [0.2, 0.25) is 0 Å². The number of carbonyl (C=O) groups excluding carboxylic acids is 1. The number of aliphatic hydroxyl groups is 2. The average Bonchev–Trinajstić information content (AvgIpc) is 3.20. The van der Waals surface area contributed by atoms with Gasteiger partial charge >= 0.3 is 0 Å². The Labute approximate surface area is 176 Å². The van der Waals surface area contributed by atoms with Gasteiger partial charge in [0.05, 0.1) is 12.6 Å². The Morgan fingerprint density at radius 1 is 1.07 bits per heavy atom. The molecular weight excluding hydrogens is 378 g/mol. The van der Waals surface area contributed by atoms with Crippen molar-refractivity contribution in [2.24, 2.45) is 0 Å². The number of hydrogen-bond donors (Lipinski definition) is 3. The predicted molar refractivity (Wildman–Crippen MR) is 118 cm³/mol. The fourth-order valence-corrected chi connectivity index (χ4v) is 4.34. The van der Waals surface area contributed by atoms with E-state index in [1.807, 2.05) is 55.5 Å². The molecule has 0 spiro atoms. The molecule has 0 radical (unpaired) electrons. The number of benzene rings is 2. The number of aryl methyl sites for hydroxylation is 1. The summed E-state index contributed by atoms with van der Waals surface area (Å²) in [7, 11) is 0. The van der Waals surface area contributed by atoms with Crippen LogP contribution in [0.5, 0.6) is 0 Å². The summed E-state index contributed by atoms with van der Waals surface area (Å²) in [5.74, 6) is -0.268. The molecule has 1 fully saturated rings. The minimum atomic E-state index is -1.17. The lowest BCUT2D eigenvalue weighted by atomic mass is 9.92. The smallest absolute Gasteiger partial charge is 0.195 e. The summed E-state index contributed by atoms with van der Waals surface area (Å²) in [6.07, 6.45) is 0.526. The van der Waals surface area contributed by atoms with Crippen molar-refractivity contribution in [2.45, 2.75) is 19.1 Å². The molecule has 0 amide bonds. The molecular formula is C24H29N3O3. The minimum absolute atomic E-state index is 0.142. The molecule has 1 aliphatic heterocycles. The number of β-amino-alcohol motifs (C(OH)–C–C–N with tert-alkyl or cyclic N) is 1. The van der Waals surface area contributed by atoms with E-state index in [4.69, 9.17) is 0 Å². The van der Waals surface area contributed by atoms with Crippen LogP contribution in [-0.2, 0) is 0 Å². The highest BCUT2D eigenvalue weighted by Gasteiger charge is 2.35. The first-order valence-corrected chi connectivity index (χ1v) is 10.5. The normalized spacial score (nSPS) is 17.8. The maximum absolute atomic E-state index is 13.4. The molecule has 2 heterocycles. The second kappa shape index (κ2) is 9.10. The number of Topliss-reactive ketones (excluding diaryl/α,β-unsaturated/α-hetero) is 1. The highest BCUT2D eigenvalue weighted by atomic mass is 16.3. The van der Waals surface area contributed by atoms with Gasteiger partial charge in [0.15, 0.2) is 5.78 Å². The van der Waals surface area contributed by atoms with E-state index < -0.39 is 12.1 Å². The van der Waals surface area contributed by atoms with E-state index in [1.165, 1.54) is 0 Å². The van der Waals surface area contributed by atoms with E-state index in [9.17, 15) is 15.0 Å². The summed E-state index contributed by atoms with van der Waals surface area (Å²) >= 11 is 0. The second-order valence-electron chi connectivity index (χ2n) is 8.01. The Kier molecular flexibility index (Phi) is 6.29. The first-order chi connectivity index (χ1) is 14.6. The number of para-hydroxylation sites is 1. The van der Waals surface area contributed by atoms with E-state index in [0.717, 1.165) is 48.2 Å². The van der Waals surface area contributed by atoms with Crippen molar-refractivity contribution < 1.29 is 15.0 Å². The zero-order chi connectivity index (χ0) is 21.1. The number of aromatic nitrogens is 1. The number of hydrogen-bond acceptors (Lipinski definition) is 5. The molecule has 0 saturated carbocycles. The molecule has 0 unspecified atom stereocenters. The molecule has 0 aliphatic carbocycles. The van der Waals surface area contributed by atoms with E-state index in [1.54, 1.807) is 6.20 Å². The Bertz CT molecular complexity index is 990. The monoisotopic (exact) mass is 407 g/mol. The molecule has 30 heavy (non-hydrogen) atoms. The summed E-state index contributed by atoms with van der Waals surface area (Å²) in [4.78, 5) is 20.9. The fraction of sp³-hybridized carbons (Fsp3) is 0.375. The van der Waals surface area contributed by atoms with Crippen molar-refractivity contribution in [1.29, 1.82) is 0 Å². The number of carbonyl (C=O) groups is 1. The van der Waals surface area contributed by atoms with Crippen LogP contribution in [-0.4, -0.2) is 76.2 Å². The Morgan fingerprint density at radius 2 is 1.77 bits per heavy atom. The van der Waals surface area contributed by atoms with Crippen molar-refractivity contribution in [1.82, 2.24) is 14.8 Å². The summed E-state index contributed by atoms with van der Waals surface area (Å²) in [5.41, 5.74) is 3.49. The van der Waals surface area contributed by atoms with Crippen molar-refractivity contribution in [3.8, 4) is 0 Å². The molecule has 2 atom stereocenters. The highest BCUT2D eigenvalue weighted by molar-refractivity contribution is 6.10. The van der Waals surface area contributed by atoms with Crippen LogP contribution >= 0.6 is 0 Å². The van der Waals surface area contributed by atoms with Crippen molar-refractivity contribution in [2.75, 3.05) is 39.3 Å². The van der Waals surface area contributed by atoms with Crippen LogP contribution in [0, 0.1) is 6.92 Å². The first kappa shape index (κ1) is 20.8. The maximum atomic E-state index is 13.4. The SMILES string of the molecule is Cc1ccc([C@H]([C@@H](O)C(=O)c2c[nH]c3ccccc23)N2CCN(CCO)CC2)cc1. The summed E-state index contributed by atoms with van der Waals surface area (Å²) in [6, 6.07) is 15.3. The van der Waals surface area contributed by atoms with Crippen molar-refractivity contribution in [3.63, 3.8) is 0 Å². The lowest BCUT2D eigenvalue weighted by Crippen LogP contribution is -2.51. The van der Waals surface area contributed by atoms with Gasteiger partial charge in [0.2, 0.25) is 0 Å². The molecule has 4 rings (SSSR count). The van der Waals surface area contributed by atoms with Gasteiger partial charge in [-0.2, -0.15) is 0 Å². The van der Waals surface area contributed by atoms with Crippen molar-refractivity contribution >= 4 is 16.7 Å². The Morgan fingerprint density at radius 3 is 2.47 bits per heavy atom. The number of aromatic amines is 1. The number of piperazine rings is 1. The van der Waals surface area contributed by atoms with Gasteiger partial charge in [-0.1, -0.05) is 48.0 Å². The van der Waals surface area contributed by atoms with Crippen LogP contribution in [0.1, 0.15) is 27.5 Å². The van der Waals surface area contributed by atoms with Crippen LogP contribution in [0.25, 0.3) is 10.9 Å². The second-order valence-corrected chi connectivity index (χ2v) is 8.01. The molecule has 0 bridgehead atoms. The van der Waals surface area contributed by atoms with E-state index in [2.05, 4.69) is 14.8 Å². The average molecular weight is 408 g/mol. The molecule has 3 N–H and O–H groups in total. The molecule has 3 aromatic rings. The van der Waals surface area contributed by atoms with Crippen LogP contribution < -0.4 is 0 Å². The molecule has 1 aliphatic rings. The standard InChI is InChI=1S/C24H29N3O3/c1-17-6-8-18(9-7-17)22(27-12-10-26(11-13-27)14-15-28)24(30)23(29)20-16-25-21-5-3-2-4-19(20)21/h2-9,16,22,24-25,28,30H,10-15H2,1H3/t22-,24-/m1/s1. The summed E-state index contributed by atoms with van der Waals surface area (Å²) in [6.45, 7) is 5.89. The quantitative estimate of drug-likeness (QED) is 0.524. The van der Waals surface area contributed by atoms with Crippen molar-refractivity contribution in [3.05, 3.63) is 71.4 Å². The Balaban J connectivity index is 1.63. The van der Waals surface area contributed by atoms with Gasteiger partial charge in [-0.05, 0) is 18.6 Å². The third-order valence-electron chi connectivity index (χ3n) is 6.06. The van der Waals surface area contributed by atoms with E-state index >= 15 is 0 Å². The molecule has 1 saturated heterocycles. The van der Waals surface area contributed by atoms with Gasteiger partial charge in [0, 0.05) is 55.4 Å². The molecule has 6 heteroatoms. The number of nitrogens with one attached hydrogen (secondary N) is 1. The molecule has 2 aromatic carbocycles. The number of aliphatic hydroxyl groups excluding tert-OH is 2. The van der Waals surface area contributed by atoms with Gasteiger partial charge in [0.25, 0.3) is 0 Å². The highest BCUT2D eigenvalue weighted by Crippen LogP contribution is 2.30. The predicted octanol–water partition coefficient (Wildman–Crippen LogP) is 2.37. The molecule has 1 aromatic heterocycles. The van der Waals surface area contributed by atoms with Crippen LogP contribution in [0.4, 0.5) is 0 Å². The molecule has 158 valence electrons. The van der Waals surface area contributed by atoms with Gasteiger partial charge < -0.3 is 15.2 Å². The number of fused-ring (bicyclic) bond motifs is 1. The molecule has 6 nitrogen and oxygen atoms in total. The third kappa shape index (κ3) is 4.18. The van der Waals surface area contributed by atoms with Gasteiger partial charge in [-0.3, -0.25) is 14.6 Å². The summed E-state index contributed by atoms with van der Waals surface area (Å²) in [5, 5.41) is 21.3. The van der Waals surface area contributed by atoms with Crippen LogP contribution in [0.3, 0.4) is 0 Å². The lowest BCUT2D eigenvalue weighted by molar-refractivity contribution is 0.0168. The third-order valence-corrected chi connectivity index (χ3v) is 6.06. The van der Waals surface area contributed by atoms with E-state index in [-0.39, 0.29) is 12.4 Å². The first-order valence-electron chi connectivity index (χ1n) is 10.5. The Hall–Kier alpha value is -2.51. The topological polar surface area (TPSA) is 79.8 Å². The minimum Gasteiger partial charge on any atom is -0.395 e.